The lowest BCUT2D eigenvalue weighted by Gasteiger charge is -2.22. The Balaban J connectivity index is 1.66. The molecular formula is C25H23F3N4O3. The summed E-state index contributed by atoms with van der Waals surface area (Å²) in [5.41, 5.74) is 0.658. The third-order valence-corrected chi connectivity index (χ3v) is 5.23. The van der Waals surface area contributed by atoms with E-state index in [4.69, 9.17) is 4.74 Å². The number of aliphatic imine (C=N–C) groups is 1. The van der Waals surface area contributed by atoms with Crippen molar-refractivity contribution in [1.29, 1.82) is 0 Å². The van der Waals surface area contributed by atoms with Crippen LogP contribution in [0.3, 0.4) is 0 Å². The van der Waals surface area contributed by atoms with Crippen LogP contribution in [0.15, 0.2) is 64.5 Å². The van der Waals surface area contributed by atoms with Crippen molar-refractivity contribution in [1.82, 2.24) is 10.2 Å². The summed E-state index contributed by atoms with van der Waals surface area (Å²) in [6.07, 6.45) is 2.31. The Kier molecular flexibility index (Phi) is 6.00. The summed E-state index contributed by atoms with van der Waals surface area (Å²) in [6.45, 7) is 6.99. The zero-order chi connectivity index (χ0) is 25.5. The number of rotatable bonds is 3. The number of ether oxygens (including phenoxy) is 1. The molecule has 7 nitrogen and oxygen atoms in total. The lowest BCUT2D eigenvalue weighted by molar-refractivity contribution is -0.149. The molecule has 1 aromatic heterocycles. The second-order valence-electron chi connectivity index (χ2n) is 9.13. The fourth-order valence-electron chi connectivity index (χ4n) is 3.75. The zero-order valence-corrected chi connectivity index (χ0v) is 19.5. The van der Waals surface area contributed by atoms with Crippen molar-refractivity contribution >= 4 is 18.0 Å². The minimum atomic E-state index is -4.58. The predicted octanol–water partition coefficient (Wildman–Crippen LogP) is 5.12. The Morgan fingerprint density at radius 2 is 1.89 bits per heavy atom. The van der Waals surface area contributed by atoms with Crippen LogP contribution in [0.4, 0.5) is 19.0 Å². The molecule has 0 aliphatic carbocycles. The van der Waals surface area contributed by atoms with Crippen LogP contribution < -0.4 is 4.90 Å². The van der Waals surface area contributed by atoms with E-state index in [2.05, 4.69) is 15.2 Å². The van der Waals surface area contributed by atoms with Gasteiger partial charge in [0, 0.05) is 11.8 Å². The molecule has 2 aliphatic rings. The van der Waals surface area contributed by atoms with Crippen LogP contribution in [-0.2, 0) is 15.7 Å². The van der Waals surface area contributed by atoms with E-state index >= 15 is 0 Å². The molecule has 0 saturated heterocycles. The molecule has 2 aliphatic heterocycles. The maximum Gasteiger partial charge on any atom is 0.416 e. The molecule has 0 radical (unpaired) electrons. The van der Waals surface area contributed by atoms with Gasteiger partial charge in [-0.05, 0) is 75.8 Å². The zero-order valence-electron chi connectivity index (χ0n) is 19.5. The van der Waals surface area contributed by atoms with Crippen molar-refractivity contribution in [3.8, 4) is 17.0 Å². The standard InChI is InChI=1S/C25H23F3N4O3/c1-14-10-16(25(26,27)28)12-20(33)22(14)18-7-8-21(31-30-18)32-13-15(23(34)35-24(2,3)4)11-19(32)17-6-5-9-29-17/h5-12,33H,13H2,1-4H3. The van der Waals surface area contributed by atoms with Gasteiger partial charge in [0.15, 0.2) is 5.82 Å². The van der Waals surface area contributed by atoms with Gasteiger partial charge in [-0.2, -0.15) is 13.2 Å². The van der Waals surface area contributed by atoms with Gasteiger partial charge >= 0.3 is 12.1 Å². The number of aryl methyl sites for hydroxylation is 1. The van der Waals surface area contributed by atoms with Crippen LogP contribution >= 0.6 is 0 Å². The molecule has 1 aromatic carbocycles. The third-order valence-electron chi connectivity index (χ3n) is 5.23. The minimum Gasteiger partial charge on any atom is -0.507 e. The Morgan fingerprint density at radius 1 is 1.14 bits per heavy atom. The molecule has 0 bridgehead atoms. The number of carbonyl (C=O) groups is 1. The number of allylic oxidation sites excluding steroid dienone is 3. The van der Waals surface area contributed by atoms with Gasteiger partial charge in [-0.25, -0.2) is 4.79 Å². The maximum absolute atomic E-state index is 13.1. The highest BCUT2D eigenvalue weighted by Gasteiger charge is 2.33. The van der Waals surface area contributed by atoms with E-state index in [0.29, 0.717) is 28.9 Å². The summed E-state index contributed by atoms with van der Waals surface area (Å²) < 4.78 is 44.6. The number of phenols is 1. The number of aromatic nitrogens is 2. The first-order chi connectivity index (χ1) is 16.3. The summed E-state index contributed by atoms with van der Waals surface area (Å²) >= 11 is 0. The summed E-state index contributed by atoms with van der Waals surface area (Å²) in [6, 6.07) is 4.80. The first-order valence-electron chi connectivity index (χ1n) is 10.7. The average Bonchev–Trinajstić information content (AvgIpc) is 3.42. The fraction of sp³-hybridized carbons (Fsp3) is 0.280. The lowest BCUT2D eigenvalue weighted by atomic mass is 10.0. The molecule has 1 N–H and O–H groups in total. The number of esters is 1. The summed E-state index contributed by atoms with van der Waals surface area (Å²) in [4.78, 5) is 18.7. The number of anilines is 1. The molecule has 182 valence electrons. The van der Waals surface area contributed by atoms with Crippen LogP contribution in [0, 0.1) is 6.92 Å². The molecule has 0 unspecified atom stereocenters. The van der Waals surface area contributed by atoms with E-state index in [9.17, 15) is 23.1 Å². The van der Waals surface area contributed by atoms with Crippen molar-refractivity contribution in [3.05, 3.63) is 70.6 Å². The monoisotopic (exact) mass is 484 g/mol. The van der Waals surface area contributed by atoms with Crippen molar-refractivity contribution in [2.45, 2.75) is 39.5 Å². The molecule has 0 atom stereocenters. The van der Waals surface area contributed by atoms with E-state index in [0.717, 1.165) is 6.07 Å². The number of halogens is 3. The van der Waals surface area contributed by atoms with Gasteiger partial charge in [0.2, 0.25) is 0 Å². The molecule has 4 rings (SSSR count). The molecule has 0 amide bonds. The quantitative estimate of drug-likeness (QED) is 0.609. The number of benzene rings is 1. The predicted molar refractivity (Wildman–Crippen MR) is 125 cm³/mol. The Labute approximate surface area is 200 Å². The third kappa shape index (κ3) is 5.11. The second-order valence-corrected chi connectivity index (χ2v) is 9.13. The SMILES string of the molecule is Cc1cc(C(F)(F)F)cc(O)c1-c1ccc(N2CC(C(=O)OC(C)(C)C)=CC2=C2C=CC=N2)nn1. The van der Waals surface area contributed by atoms with Gasteiger partial charge in [-0.1, -0.05) is 0 Å². The van der Waals surface area contributed by atoms with Crippen molar-refractivity contribution < 1.29 is 27.8 Å². The topological polar surface area (TPSA) is 87.9 Å². The number of phenolic OH excluding ortho intramolecular Hbond substituents is 1. The van der Waals surface area contributed by atoms with E-state index in [1.54, 1.807) is 62.2 Å². The van der Waals surface area contributed by atoms with E-state index in [1.165, 1.54) is 6.92 Å². The smallest absolute Gasteiger partial charge is 0.416 e. The van der Waals surface area contributed by atoms with Crippen molar-refractivity contribution in [2.24, 2.45) is 4.99 Å². The van der Waals surface area contributed by atoms with Crippen LogP contribution in [0.2, 0.25) is 0 Å². The number of aromatic hydroxyl groups is 1. The first-order valence-corrected chi connectivity index (χ1v) is 10.7. The maximum atomic E-state index is 13.1. The Bertz CT molecular complexity index is 1260. The number of hydrogen-bond donors (Lipinski definition) is 1. The van der Waals surface area contributed by atoms with Gasteiger partial charge in [0.25, 0.3) is 0 Å². The Hall–Kier alpha value is -3.95. The highest BCUT2D eigenvalue weighted by molar-refractivity contribution is 5.93. The molecule has 35 heavy (non-hydrogen) atoms. The van der Waals surface area contributed by atoms with Gasteiger partial charge < -0.3 is 14.7 Å². The van der Waals surface area contributed by atoms with Crippen molar-refractivity contribution in [3.63, 3.8) is 0 Å². The van der Waals surface area contributed by atoms with Crippen LogP contribution in [0.5, 0.6) is 5.75 Å². The molecular weight excluding hydrogens is 461 g/mol. The highest BCUT2D eigenvalue weighted by atomic mass is 19.4. The van der Waals surface area contributed by atoms with Gasteiger partial charge in [0.05, 0.1) is 34.8 Å². The fourth-order valence-corrected chi connectivity index (χ4v) is 3.75. The van der Waals surface area contributed by atoms with E-state index in [-0.39, 0.29) is 23.4 Å². The molecule has 0 fully saturated rings. The van der Waals surface area contributed by atoms with Gasteiger partial charge in [-0.15, -0.1) is 10.2 Å². The molecule has 0 saturated carbocycles. The molecule has 2 aromatic rings. The second kappa shape index (κ2) is 8.68. The summed E-state index contributed by atoms with van der Waals surface area (Å²) in [5, 5.41) is 18.6. The molecule has 3 heterocycles. The Morgan fingerprint density at radius 3 is 2.43 bits per heavy atom. The largest absolute Gasteiger partial charge is 0.507 e. The van der Waals surface area contributed by atoms with Crippen LogP contribution in [0.1, 0.15) is 31.9 Å². The first kappa shape index (κ1) is 24.2. The van der Waals surface area contributed by atoms with E-state index < -0.39 is 29.1 Å². The van der Waals surface area contributed by atoms with E-state index in [1.807, 2.05) is 0 Å². The molecule has 0 spiro atoms. The summed E-state index contributed by atoms with van der Waals surface area (Å²) in [5.74, 6) is -0.604. The minimum absolute atomic E-state index is 0.160. The summed E-state index contributed by atoms with van der Waals surface area (Å²) in [7, 11) is 0. The van der Waals surface area contributed by atoms with Crippen molar-refractivity contribution in [2.75, 3.05) is 11.4 Å². The average molecular weight is 484 g/mol. The van der Waals surface area contributed by atoms with Gasteiger partial charge in [-0.3, -0.25) is 4.99 Å². The number of nitrogens with zero attached hydrogens (tertiary/aromatic N) is 4. The lowest BCUT2D eigenvalue weighted by Crippen LogP contribution is -2.27. The van der Waals surface area contributed by atoms with Crippen LogP contribution in [0.25, 0.3) is 11.3 Å². The number of carbonyl (C=O) groups excluding carboxylic acids is 1. The van der Waals surface area contributed by atoms with Crippen LogP contribution in [-0.4, -0.2) is 39.6 Å². The molecule has 10 heteroatoms. The van der Waals surface area contributed by atoms with Gasteiger partial charge in [0.1, 0.15) is 11.4 Å². The normalized spacial score (nSPS) is 17.8. The number of hydrogen-bond acceptors (Lipinski definition) is 7. The number of alkyl halides is 3. The highest BCUT2D eigenvalue weighted by Crippen LogP contribution is 2.39.